The van der Waals surface area contributed by atoms with Gasteiger partial charge >= 0.3 is 0 Å². The zero-order valence-corrected chi connectivity index (χ0v) is 10.6. The van der Waals surface area contributed by atoms with Crippen LogP contribution in [-0.2, 0) is 13.0 Å². The zero-order chi connectivity index (χ0) is 12.3. The van der Waals surface area contributed by atoms with Gasteiger partial charge in [-0.3, -0.25) is 0 Å². The molecule has 0 fully saturated rings. The Balaban J connectivity index is 2.21. The van der Waals surface area contributed by atoms with Crippen LogP contribution in [0.5, 0.6) is 0 Å². The van der Waals surface area contributed by atoms with Gasteiger partial charge in [0.15, 0.2) is 0 Å². The average molecular weight is 232 g/mol. The molecule has 1 N–H and O–H groups in total. The fourth-order valence-corrected chi connectivity index (χ4v) is 2.22. The minimum atomic E-state index is -0.213. The summed E-state index contributed by atoms with van der Waals surface area (Å²) >= 11 is 0. The van der Waals surface area contributed by atoms with Crippen LogP contribution < -0.4 is 0 Å². The van der Waals surface area contributed by atoms with Gasteiger partial charge in [-0.25, -0.2) is 4.98 Å². The van der Waals surface area contributed by atoms with Crippen molar-refractivity contribution < 1.29 is 5.11 Å². The van der Waals surface area contributed by atoms with E-state index >= 15 is 0 Å². The number of aliphatic hydroxyl groups excluding tert-OH is 1. The molecule has 1 unspecified atom stereocenters. The molecule has 0 spiro atoms. The van der Waals surface area contributed by atoms with E-state index in [-0.39, 0.29) is 6.10 Å². The maximum absolute atomic E-state index is 9.27. The standard InChI is InChI=1S/C14H20N2O/c1-3-16-13-9-5-4-8-12(13)15-14(16)10-6-7-11(2)17/h4-5,8-9,11,17H,3,6-7,10H2,1-2H3. The van der Waals surface area contributed by atoms with Gasteiger partial charge < -0.3 is 9.67 Å². The van der Waals surface area contributed by atoms with E-state index in [4.69, 9.17) is 0 Å². The number of para-hydroxylation sites is 2. The van der Waals surface area contributed by atoms with E-state index in [1.165, 1.54) is 5.52 Å². The first-order valence-electron chi connectivity index (χ1n) is 6.34. The molecule has 1 aromatic carbocycles. The molecule has 0 amide bonds. The van der Waals surface area contributed by atoms with Crippen molar-refractivity contribution in [3.8, 4) is 0 Å². The normalized spacial score (nSPS) is 13.1. The van der Waals surface area contributed by atoms with Gasteiger partial charge in [-0.15, -0.1) is 0 Å². The van der Waals surface area contributed by atoms with Crippen LogP contribution in [0, 0.1) is 0 Å². The molecule has 3 heteroatoms. The van der Waals surface area contributed by atoms with E-state index in [2.05, 4.69) is 34.7 Å². The van der Waals surface area contributed by atoms with Gasteiger partial charge in [0.1, 0.15) is 5.82 Å². The number of aliphatic hydroxyl groups is 1. The summed E-state index contributed by atoms with van der Waals surface area (Å²) in [7, 11) is 0. The lowest BCUT2D eigenvalue weighted by Gasteiger charge is -2.06. The Morgan fingerprint density at radius 3 is 2.82 bits per heavy atom. The number of hydrogen-bond donors (Lipinski definition) is 1. The van der Waals surface area contributed by atoms with Crippen molar-refractivity contribution in [2.45, 2.75) is 45.8 Å². The number of hydrogen-bond acceptors (Lipinski definition) is 2. The summed E-state index contributed by atoms with van der Waals surface area (Å²) in [5.41, 5.74) is 2.28. The number of aryl methyl sites for hydroxylation is 2. The molecule has 0 aliphatic heterocycles. The van der Waals surface area contributed by atoms with Crippen molar-refractivity contribution in [2.24, 2.45) is 0 Å². The largest absolute Gasteiger partial charge is 0.393 e. The lowest BCUT2D eigenvalue weighted by molar-refractivity contribution is 0.181. The molecule has 0 radical (unpaired) electrons. The first-order chi connectivity index (χ1) is 8.22. The van der Waals surface area contributed by atoms with Gasteiger partial charge in [0, 0.05) is 13.0 Å². The van der Waals surface area contributed by atoms with Gasteiger partial charge in [0.25, 0.3) is 0 Å². The maximum Gasteiger partial charge on any atom is 0.109 e. The quantitative estimate of drug-likeness (QED) is 0.860. The summed E-state index contributed by atoms with van der Waals surface area (Å²) in [4.78, 5) is 4.66. The monoisotopic (exact) mass is 232 g/mol. The lowest BCUT2D eigenvalue weighted by atomic mass is 10.1. The second-order valence-electron chi connectivity index (χ2n) is 4.50. The highest BCUT2D eigenvalue weighted by Crippen LogP contribution is 2.17. The van der Waals surface area contributed by atoms with Crippen molar-refractivity contribution in [3.05, 3.63) is 30.1 Å². The van der Waals surface area contributed by atoms with Gasteiger partial charge in [0.05, 0.1) is 17.1 Å². The molecule has 1 atom stereocenters. The van der Waals surface area contributed by atoms with E-state index in [9.17, 15) is 5.11 Å². The Morgan fingerprint density at radius 1 is 1.35 bits per heavy atom. The van der Waals surface area contributed by atoms with Gasteiger partial charge in [-0.1, -0.05) is 12.1 Å². The summed E-state index contributed by atoms with van der Waals surface area (Å²) in [5, 5.41) is 9.27. The van der Waals surface area contributed by atoms with E-state index in [0.29, 0.717) is 0 Å². The van der Waals surface area contributed by atoms with Crippen LogP contribution in [0.15, 0.2) is 24.3 Å². The molecule has 3 nitrogen and oxygen atoms in total. The SMILES string of the molecule is CCn1c(CCCC(C)O)nc2ccccc21. The Hall–Kier alpha value is -1.35. The number of imidazole rings is 1. The van der Waals surface area contributed by atoms with E-state index in [1.54, 1.807) is 0 Å². The second kappa shape index (κ2) is 5.32. The lowest BCUT2D eigenvalue weighted by Crippen LogP contribution is -2.04. The van der Waals surface area contributed by atoms with Crippen molar-refractivity contribution in [1.29, 1.82) is 0 Å². The number of fused-ring (bicyclic) bond motifs is 1. The van der Waals surface area contributed by atoms with Crippen LogP contribution in [0.2, 0.25) is 0 Å². The third-order valence-electron chi connectivity index (χ3n) is 3.07. The van der Waals surface area contributed by atoms with Crippen LogP contribution in [0.1, 0.15) is 32.5 Å². The van der Waals surface area contributed by atoms with Crippen molar-refractivity contribution in [3.63, 3.8) is 0 Å². The maximum atomic E-state index is 9.27. The Bertz CT molecular complexity index is 488. The number of rotatable bonds is 5. The summed E-state index contributed by atoms with van der Waals surface area (Å²) in [5.74, 6) is 1.13. The highest BCUT2D eigenvalue weighted by Gasteiger charge is 2.08. The molecule has 0 saturated carbocycles. The predicted molar refractivity (Wildman–Crippen MR) is 70.0 cm³/mol. The predicted octanol–water partition coefficient (Wildman–Crippen LogP) is 2.76. The molecule has 17 heavy (non-hydrogen) atoms. The van der Waals surface area contributed by atoms with Gasteiger partial charge in [-0.05, 0) is 38.8 Å². The Kier molecular flexibility index (Phi) is 3.79. The average Bonchev–Trinajstić information content (AvgIpc) is 2.66. The fourth-order valence-electron chi connectivity index (χ4n) is 2.22. The molecule has 92 valence electrons. The summed E-state index contributed by atoms with van der Waals surface area (Å²) < 4.78 is 2.26. The van der Waals surface area contributed by atoms with Crippen LogP contribution in [0.3, 0.4) is 0 Å². The van der Waals surface area contributed by atoms with E-state index in [0.717, 1.165) is 37.1 Å². The molecule has 0 bridgehead atoms. The molecule has 0 aliphatic rings. The van der Waals surface area contributed by atoms with Crippen LogP contribution >= 0.6 is 0 Å². The van der Waals surface area contributed by atoms with E-state index in [1.807, 2.05) is 13.0 Å². The highest BCUT2D eigenvalue weighted by atomic mass is 16.3. The second-order valence-corrected chi connectivity index (χ2v) is 4.50. The molecule has 1 heterocycles. The summed E-state index contributed by atoms with van der Waals surface area (Å²) in [6, 6.07) is 8.24. The van der Waals surface area contributed by atoms with Crippen LogP contribution in [0.4, 0.5) is 0 Å². The van der Waals surface area contributed by atoms with E-state index < -0.39 is 0 Å². The molecule has 0 saturated heterocycles. The smallest absolute Gasteiger partial charge is 0.109 e. The topological polar surface area (TPSA) is 38.0 Å². The molecular weight excluding hydrogens is 212 g/mol. The molecule has 2 aromatic rings. The summed E-state index contributed by atoms with van der Waals surface area (Å²) in [6.45, 7) is 4.93. The number of benzene rings is 1. The minimum Gasteiger partial charge on any atom is -0.393 e. The van der Waals surface area contributed by atoms with Gasteiger partial charge in [0.2, 0.25) is 0 Å². The van der Waals surface area contributed by atoms with Crippen LogP contribution in [0.25, 0.3) is 11.0 Å². The fraction of sp³-hybridized carbons (Fsp3) is 0.500. The van der Waals surface area contributed by atoms with Gasteiger partial charge in [-0.2, -0.15) is 0 Å². The number of aromatic nitrogens is 2. The first-order valence-corrected chi connectivity index (χ1v) is 6.34. The van der Waals surface area contributed by atoms with Crippen LogP contribution in [-0.4, -0.2) is 20.8 Å². The third kappa shape index (κ3) is 2.67. The number of nitrogens with zero attached hydrogens (tertiary/aromatic N) is 2. The molecular formula is C14H20N2O. The van der Waals surface area contributed by atoms with Crippen molar-refractivity contribution >= 4 is 11.0 Å². The summed E-state index contributed by atoms with van der Waals surface area (Å²) in [6.07, 6.45) is 2.55. The Labute approximate surface area is 102 Å². The van der Waals surface area contributed by atoms with Crippen molar-refractivity contribution in [1.82, 2.24) is 9.55 Å². The zero-order valence-electron chi connectivity index (χ0n) is 10.6. The molecule has 0 aliphatic carbocycles. The third-order valence-corrected chi connectivity index (χ3v) is 3.07. The van der Waals surface area contributed by atoms with Crippen molar-refractivity contribution in [2.75, 3.05) is 0 Å². The first kappa shape index (κ1) is 12.1. The minimum absolute atomic E-state index is 0.213. The molecule has 1 aromatic heterocycles. The Morgan fingerprint density at radius 2 is 2.12 bits per heavy atom. The highest BCUT2D eigenvalue weighted by molar-refractivity contribution is 5.75. The molecule has 2 rings (SSSR count).